The largest absolute Gasteiger partial charge is 0.350 e. The monoisotopic (exact) mass is 508 g/mol. The highest BCUT2D eigenvalue weighted by Crippen LogP contribution is 2.22. The number of benzene rings is 1. The molecule has 0 aliphatic heterocycles. The molecule has 7 heteroatoms. The van der Waals surface area contributed by atoms with E-state index in [-0.39, 0.29) is 30.0 Å². The normalized spacial score (nSPS) is 12.4. The summed E-state index contributed by atoms with van der Waals surface area (Å²) in [6.07, 6.45) is 2.98. The maximum Gasteiger partial charge on any atom is 0.191 e. The van der Waals surface area contributed by atoms with Crippen LogP contribution in [0.1, 0.15) is 35.3 Å². The average molecular weight is 509 g/mol. The minimum Gasteiger partial charge on any atom is -0.350 e. The van der Waals surface area contributed by atoms with E-state index in [1.807, 2.05) is 24.4 Å². The van der Waals surface area contributed by atoms with Gasteiger partial charge in [0.2, 0.25) is 0 Å². The van der Waals surface area contributed by atoms with Crippen molar-refractivity contribution in [3.63, 3.8) is 0 Å². The van der Waals surface area contributed by atoms with Gasteiger partial charge in [-0.2, -0.15) is 0 Å². The summed E-state index contributed by atoms with van der Waals surface area (Å²) in [6, 6.07) is 8.36. The highest BCUT2D eigenvalue weighted by atomic mass is 127. The van der Waals surface area contributed by atoms with Crippen LogP contribution in [-0.4, -0.2) is 18.0 Å². The van der Waals surface area contributed by atoms with Crippen LogP contribution in [-0.2, 0) is 13.0 Å². The summed E-state index contributed by atoms with van der Waals surface area (Å²) in [5.74, 6) is 0.775. The Morgan fingerprint density at radius 2 is 2.13 bits per heavy atom. The number of hydrogen-bond donors (Lipinski definition) is 2. The van der Waals surface area contributed by atoms with Crippen molar-refractivity contribution in [3.8, 4) is 0 Å². The minimum atomic E-state index is 0. The van der Waals surface area contributed by atoms with E-state index in [2.05, 4.69) is 56.5 Å². The van der Waals surface area contributed by atoms with E-state index in [0.29, 0.717) is 6.54 Å². The van der Waals surface area contributed by atoms with Gasteiger partial charge >= 0.3 is 0 Å². The van der Waals surface area contributed by atoms with Gasteiger partial charge in [0.15, 0.2) is 5.96 Å². The molecule has 2 N–H and O–H groups in total. The molecule has 2 rings (SSSR count). The Bertz CT molecular complexity index is 645. The van der Waals surface area contributed by atoms with Crippen molar-refractivity contribution in [3.05, 3.63) is 50.4 Å². The van der Waals surface area contributed by atoms with Crippen LogP contribution in [0.4, 0.5) is 0 Å². The standard InChI is InChI=1S/C16H21BrN4S.HI/c1-4-12-9-19-15(22-12)10-20-16(18-3)21-11(2)13-7-5-6-8-14(13)17;/h5-9,11H,4,10H2,1-3H3,(H2,18,20,21);1H. The molecule has 1 heterocycles. The van der Waals surface area contributed by atoms with E-state index < -0.39 is 0 Å². The average Bonchev–Trinajstić information content (AvgIpc) is 2.99. The number of hydrogen-bond acceptors (Lipinski definition) is 3. The van der Waals surface area contributed by atoms with Crippen LogP contribution in [0.2, 0.25) is 0 Å². The molecular weight excluding hydrogens is 487 g/mol. The van der Waals surface area contributed by atoms with Crippen molar-refractivity contribution >= 4 is 57.2 Å². The molecule has 1 atom stereocenters. The van der Waals surface area contributed by atoms with Gasteiger partial charge in [0.25, 0.3) is 0 Å². The summed E-state index contributed by atoms with van der Waals surface area (Å²) in [7, 11) is 1.78. The first-order chi connectivity index (χ1) is 10.6. The summed E-state index contributed by atoms with van der Waals surface area (Å²) in [5.41, 5.74) is 1.20. The maximum atomic E-state index is 4.41. The quantitative estimate of drug-likeness (QED) is 0.355. The molecule has 0 saturated heterocycles. The van der Waals surface area contributed by atoms with Crippen LogP contribution in [0, 0.1) is 0 Å². The Balaban J connectivity index is 0.00000264. The topological polar surface area (TPSA) is 49.3 Å². The van der Waals surface area contributed by atoms with Gasteiger partial charge in [-0.25, -0.2) is 4.98 Å². The van der Waals surface area contributed by atoms with Crippen LogP contribution in [0.3, 0.4) is 0 Å². The lowest BCUT2D eigenvalue weighted by atomic mass is 10.1. The van der Waals surface area contributed by atoms with Crippen LogP contribution < -0.4 is 10.6 Å². The van der Waals surface area contributed by atoms with E-state index in [1.165, 1.54) is 10.4 Å². The SMILES string of the molecule is CCc1cnc(CNC(=NC)NC(C)c2ccccc2Br)s1.I. The number of nitrogens with zero attached hydrogens (tertiary/aromatic N) is 2. The van der Waals surface area contributed by atoms with Crippen molar-refractivity contribution in [2.75, 3.05) is 7.05 Å². The molecule has 1 aromatic carbocycles. The summed E-state index contributed by atoms with van der Waals surface area (Å²) in [6.45, 7) is 4.95. The molecule has 0 fully saturated rings. The van der Waals surface area contributed by atoms with Crippen LogP contribution in [0.15, 0.2) is 39.9 Å². The lowest BCUT2D eigenvalue weighted by molar-refractivity contribution is 0.682. The van der Waals surface area contributed by atoms with Crippen LogP contribution in [0.5, 0.6) is 0 Å². The predicted molar refractivity (Wildman–Crippen MR) is 113 cm³/mol. The number of thiazole rings is 1. The molecule has 1 unspecified atom stereocenters. The number of nitrogens with one attached hydrogen (secondary N) is 2. The molecule has 2 aromatic rings. The Hall–Kier alpha value is -0.670. The van der Waals surface area contributed by atoms with Crippen LogP contribution in [0.25, 0.3) is 0 Å². The number of aromatic nitrogens is 1. The highest BCUT2D eigenvalue weighted by molar-refractivity contribution is 14.0. The second kappa shape index (κ2) is 10.2. The molecule has 1 aromatic heterocycles. The van der Waals surface area contributed by atoms with E-state index in [9.17, 15) is 0 Å². The predicted octanol–water partition coefficient (Wildman–Crippen LogP) is 4.51. The summed E-state index contributed by atoms with van der Waals surface area (Å²) >= 11 is 5.33. The van der Waals surface area contributed by atoms with Gasteiger partial charge in [-0.1, -0.05) is 41.1 Å². The first-order valence-corrected chi connectivity index (χ1v) is 8.90. The fourth-order valence-corrected chi connectivity index (χ4v) is 3.49. The maximum absolute atomic E-state index is 4.41. The van der Waals surface area contributed by atoms with Crippen molar-refractivity contribution in [1.82, 2.24) is 15.6 Å². The number of aryl methyl sites for hydroxylation is 1. The third-order valence-electron chi connectivity index (χ3n) is 3.31. The van der Waals surface area contributed by atoms with Crippen molar-refractivity contribution in [1.29, 1.82) is 0 Å². The molecule has 126 valence electrons. The molecule has 4 nitrogen and oxygen atoms in total. The van der Waals surface area contributed by atoms with Crippen molar-refractivity contribution in [2.45, 2.75) is 32.9 Å². The number of guanidine groups is 1. The summed E-state index contributed by atoms with van der Waals surface area (Å²) in [4.78, 5) is 10.00. The minimum absolute atomic E-state index is 0. The van der Waals surface area contributed by atoms with E-state index in [4.69, 9.17) is 0 Å². The lowest BCUT2D eigenvalue weighted by Crippen LogP contribution is -2.38. The molecule has 0 amide bonds. The van der Waals surface area contributed by atoms with Gasteiger partial charge in [0.1, 0.15) is 5.01 Å². The second-order valence-electron chi connectivity index (χ2n) is 4.89. The van der Waals surface area contributed by atoms with Crippen LogP contribution >= 0.6 is 51.2 Å². The number of aliphatic imine (C=N–C) groups is 1. The number of halogens is 2. The molecule has 0 saturated carbocycles. The van der Waals surface area contributed by atoms with E-state index in [0.717, 1.165) is 21.9 Å². The molecule has 0 radical (unpaired) electrons. The van der Waals surface area contributed by atoms with E-state index >= 15 is 0 Å². The van der Waals surface area contributed by atoms with Gasteiger partial charge < -0.3 is 10.6 Å². The Morgan fingerprint density at radius 3 is 2.74 bits per heavy atom. The Labute approximate surface area is 167 Å². The molecule has 0 bridgehead atoms. The van der Waals surface area contributed by atoms with Gasteiger partial charge in [-0.3, -0.25) is 4.99 Å². The molecular formula is C16H22BrIN4S. The zero-order valence-electron chi connectivity index (χ0n) is 13.5. The van der Waals surface area contributed by atoms with Crippen molar-refractivity contribution < 1.29 is 0 Å². The van der Waals surface area contributed by atoms with Crippen molar-refractivity contribution in [2.24, 2.45) is 4.99 Å². The highest BCUT2D eigenvalue weighted by Gasteiger charge is 2.11. The fourth-order valence-electron chi connectivity index (χ4n) is 2.06. The van der Waals surface area contributed by atoms with Gasteiger partial charge in [-0.05, 0) is 25.0 Å². The van der Waals surface area contributed by atoms with Gasteiger partial charge in [0.05, 0.1) is 12.6 Å². The van der Waals surface area contributed by atoms with Gasteiger partial charge in [0, 0.05) is 22.6 Å². The number of rotatable bonds is 5. The molecule has 23 heavy (non-hydrogen) atoms. The lowest BCUT2D eigenvalue weighted by Gasteiger charge is -2.19. The second-order valence-corrected chi connectivity index (χ2v) is 6.94. The smallest absolute Gasteiger partial charge is 0.191 e. The molecule has 0 aliphatic rings. The third-order valence-corrected chi connectivity index (χ3v) is 5.17. The first-order valence-electron chi connectivity index (χ1n) is 7.29. The van der Waals surface area contributed by atoms with E-state index in [1.54, 1.807) is 18.4 Å². The summed E-state index contributed by atoms with van der Waals surface area (Å²) < 4.78 is 1.10. The Kier molecular flexibility index (Phi) is 9.08. The first kappa shape index (κ1) is 20.4. The zero-order chi connectivity index (χ0) is 15.9. The zero-order valence-corrected chi connectivity index (χ0v) is 18.2. The fraction of sp³-hybridized carbons (Fsp3) is 0.375. The Morgan fingerprint density at radius 1 is 1.39 bits per heavy atom. The van der Waals surface area contributed by atoms with Gasteiger partial charge in [-0.15, -0.1) is 35.3 Å². The molecule has 0 aliphatic carbocycles. The third kappa shape index (κ3) is 6.04. The summed E-state index contributed by atoms with van der Waals surface area (Å²) in [5, 5.41) is 7.79. The molecule has 0 spiro atoms.